The Kier molecular flexibility index (Phi) is 3.28. The van der Waals surface area contributed by atoms with Crippen molar-refractivity contribution in [1.82, 2.24) is 5.32 Å². The predicted octanol–water partition coefficient (Wildman–Crippen LogP) is 1.10. The molecular formula is C14H18N2. The largest absolute Gasteiger partial charge is 0.329 e. The van der Waals surface area contributed by atoms with E-state index in [0.29, 0.717) is 6.54 Å². The fourth-order valence-corrected chi connectivity index (χ4v) is 2.36. The molecule has 0 bridgehead atoms. The van der Waals surface area contributed by atoms with Gasteiger partial charge in [-0.3, -0.25) is 5.32 Å². The molecule has 2 heteroatoms. The standard InChI is InChI=1S/C14H18N2/c1-2-3-8-16-14(11-15)9-12-6-4-5-7-13(12)10-14/h4-7,16H,8-11,15H2,1H3. The van der Waals surface area contributed by atoms with Crippen molar-refractivity contribution >= 4 is 0 Å². The summed E-state index contributed by atoms with van der Waals surface area (Å²) in [6, 6.07) is 8.58. The normalized spacial score (nSPS) is 16.4. The van der Waals surface area contributed by atoms with E-state index in [1.54, 1.807) is 0 Å². The fourth-order valence-electron chi connectivity index (χ4n) is 2.36. The van der Waals surface area contributed by atoms with E-state index in [1.165, 1.54) is 11.1 Å². The van der Waals surface area contributed by atoms with Crippen LogP contribution in [0.2, 0.25) is 0 Å². The molecule has 1 aliphatic rings. The summed E-state index contributed by atoms with van der Waals surface area (Å²) in [4.78, 5) is 0. The third-order valence-electron chi connectivity index (χ3n) is 3.30. The van der Waals surface area contributed by atoms with Gasteiger partial charge in [0.1, 0.15) is 0 Å². The Bertz CT molecular complexity index is 401. The van der Waals surface area contributed by atoms with E-state index in [2.05, 4.69) is 41.4 Å². The van der Waals surface area contributed by atoms with Gasteiger partial charge in [-0.15, -0.1) is 5.92 Å². The maximum absolute atomic E-state index is 5.92. The number of nitrogens with two attached hydrogens (primary N) is 1. The van der Waals surface area contributed by atoms with Crippen LogP contribution in [-0.4, -0.2) is 18.6 Å². The molecule has 0 saturated carbocycles. The van der Waals surface area contributed by atoms with Gasteiger partial charge in [-0.25, -0.2) is 0 Å². The highest BCUT2D eigenvalue weighted by molar-refractivity contribution is 5.36. The summed E-state index contributed by atoms with van der Waals surface area (Å²) < 4.78 is 0. The van der Waals surface area contributed by atoms with Crippen molar-refractivity contribution in [3.63, 3.8) is 0 Å². The topological polar surface area (TPSA) is 38.0 Å². The molecule has 1 aromatic carbocycles. The third-order valence-corrected chi connectivity index (χ3v) is 3.30. The number of benzene rings is 1. The zero-order valence-electron chi connectivity index (χ0n) is 9.72. The van der Waals surface area contributed by atoms with Gasteiger partial charge < -0.3 is 5.73 Å². The maximum atomic E-state index is 5.92. The first-order valence-electron chi connectivity index (χ1n) is 5.71. The van der Waals surface area contributed by atoms with Crippen LogP contribution in [0.3, 0.4) is 0 Å². The van der Waals surface area contributed by atoms with Gasteiger partial charge in [-0.05, 0) is 30.9 Å². The summed E-state index contributed by atoms with van der Waals surface area (Å²) in [5.74, 6) is 5.95. The molecule has 1 aromatic rings. The highest BCUT2D eigenvalue weighted by Gasteiger charge is 2.34. The van der Waals surface area contributed by atoms with Gasteiger partial charge >= 0.3 is 0 Å². The lowest BCUT2D eigenvalue weighted by Gasteiger charge is -2.27. The Morgan fingerprint density at radius 3 is 2.44 bits per heavy atom. The molecule has 2 rings (SSSR count). The van der Waals surface area contributed by atoms with Gasteiger partial charge in [0, 0.05) is 12.1 Å². The molecule has 3 N–H and O–H groups in total. The summed E-state index contributed by atoms with van der Waals surface area (Å²) >= 11 is 0. The molecule has 0 amide bonds. The molecule has 2 nitrogen and oxygen atoms in total. The van der Waals surface area contributed by atoms with Crippen LogP contribution in [0.4, 0.5) is 0 Å². The highest BCUT2D eigenvalue weighted by atomic mass is 15.0. The van der Waals surface area contributed by atoms with Crippen molar-refractivity contribution in [2.24, 2.45) is 5.73 Å². The van der Waals surface area contributed by atoms with E-state index < -0.39 is 0 Å². The molecule has 0 heterocycles. The second-order valence-corrected chi connectivity index (χ2v) is 4.39. The average molecular weight is 214 g/mol. The van der Waals surface area contributed by atoms with E-state index in [1.807, 2.05) is 6.92 Å². The zero-order valence-corrected chi connectivity index (χ0v) is 9.72. The van der Waals surface area contributed by atoms with Crippen LogP contribution in [0.15, 0.2) is 24.3 Å². The number of nitrogens with one attached hydrogen (secondary N) is 1. The number of rotatable bonds is 3. The van der Waals surface area contributed by atoms with E-state index in [0.717, 1.165) is 19.4 Å². The van der Waals surface area contributed by atoms with Crippen LogP contribution in [0.25, 0.3) is 0 Å². The first kappa shape index (κ1) is 11.2. The molecule has 0 atom stereocenters. The minimum atomic E-state index is 0.0214. The van der Waals surface area contributed by atoms with Crippen molar-refractivity contribution in [3.05, 3.63) is 35.4 Å². The van der Waals surface area contributed by atoms with Gasteiger partial charge in [0.25, 0.3) is 0 Å². The Hall–Kier alpha value is -1.30. The molecule has 0 fully saturated rings. The SMILES string of the molecule is CC#CCNC1(CN)Cc2ccccc2C1. The minimum absolute atomic E-state index is 0.0214. The van der Waals surface area contributed by atoms with Crippen molar-refractivity contribution in [3.8, 4) is 11.8 Å². The van der Waals surface area contributed by atoms with Crippen molar-refractivity contribution < 1.29 is 0 Å². The van der Waals surface area contributed by atoms with Crippen LogP contribution in [-0.2, 0) is 12.8 Å². The lowest BCUT2D eigenvalue weighted by molar-refractivity contribution is 0.366. The van der Waals surface area contributed by atoms with Crippen molar-refractivity contribution in [1.29, 1.82) is 0 Å². The lowest BCUT2D eigenvalue weighted by atomic mass is 9.96. The number of fused-ring (bicyclic) bond motifs is 1. The summed E-state index contributed by atoms with van der Waals surface area (Å²) in [6.45, 7) is 3.24. The lowest BCUT2D eigenvalue weighted by Crippen LogP contribution is -2.52. The minimum Gasteiger partial charge on any atom is -0.329 e. The first-order valence-corrected chi connectivity index (χ1v) is 5.71. The van der Waals surface area contributed by atoms with Crippen LogP contribution >= 0.6 is 0 Å². The Labute approximate surface area is 97.2 Å². The van der Waals surface area contributed by atoms with Gasteiger partial charge in [-0.1, -0.05) is 30.2 Å². The summed E-state index contributed by atoms with van der Waals surface area (Å²) in [6.07, 6.45) is 2.04. The van der Waals surface area contributed by atoms with E-state index >= 15 is 0 Å². The quantitative estimate of drug-likeness (QED) is 0.739. The van der Waals surface area contributed by atoms with Crippen LogP contribution < -0.4 is 11.1 Å². The molecule has 16 heavy (non-hydrogen) atoms. The Morgan fingerprint density at radius 1 is 1.31 bits per heavy atom. The monoisotopic (exact) mass is 214 g/mol. The maximum Gasteiger partial charge on any atom is 0.0581 e. The summed E-state index contributed by atoms with van der Waals surface area (Å²) in [5.41, 5.74) is 8.78. The smallest absolute Gasteiger partial charge is 0.0581 e. The molecule has 0 aliphatic heterocycles. The van der Waals surface area contributed by atoms with Crippen molar-refractivity contribution in [2.75, 3.05) is 13.1 Å². The predicted molar refractivity (Wildman–Crippen MR) is 67.1 cm³/mol. The second-order valence-electron chi connectivity index (χ2n) is 4.39. The molecule has 1 aliphatic carbocycles. The van der Waals surface area contributed by atoms with E-state index in [-0.39, 0.29) is 5.54 Å². The molecule has 0 saturated heterocycles. The van der Waals surface area contributed by atoms with Gasteiger partial charge in [0.2, 0.25) is 0 Å². The van der Waals surface area contributed by atoms with Crippen molar-refractivity contribution in [2.45, 2.75) is 25.3 Å². The van der Waals surface area contributed by atoms with E-state index in [4.69, 9.17) is 5.73 Å². The summed E-state index contributed by atoms with van der Waals surface area (Å²) in [7, 11) is 0. The number of hydrogen-bond acceptors (Lipinski definition) is 2. The van der Waals surface area contributed by atoms with Gasteiger partial charge in [0.15, 0.2) is 0 Å². The first-order chi connectivity index (χ1) is 7.79. The molecule has 0 radical (unpaired) electrons. The zero-order chi connectivity index (χ0) is 11.4. The van der Waals surface area contributed by atoms with Crippen LogP contribution in [0.5, 0.6) is 0 Å². The molecular weight excluding hydrogens is 196 g/mol. The molecule has 0 spiro atoms. The Morgan fingerprint density at radius 2 is 1.94 bits per heavy atom. The van der Waals surface area contributed by atoms with Gasteiger partial charge in [-0.2, -0.15) is 0 Å². The average Bonchev–Trinajstić information content (AvgIpc) is 2.68. The fraction of sp³-hybridized carbons (Fsp3) is 0.429. The van der Waals surface area contributed by atoms with Crippen LogP contribution in [0, 0.1) is 11.8 Å². The number of hydrogen-bond donors (Lipinski definition) is 2. The summed E-state index contributed by atoms with van der Waals surface area (Å²) in [5, 5.41) is 3.49. The van der Waals surface area contributed by atoms with Gasteiger partial charge in [0.05, 0.1) is 6.54 Å². The second kappa shape index (κ2) is 4.69. The molecule has 0 aromatic heterocycles. The Balaban J connectivity index is 2.12. The third kappa shape index (κ3) is 2.11. The van der Waals surface area contributed by atoms with Crippen LogP contribution in [0.1, 0.15) is 18.1 Å². The molecule has 0 unspecified atom stereocenters. The van der Waals surface area contributed by atoms with E-state index in [9.17, 15) is 0 Å². The molecule has 84 valence electrons. The highest BCUT2D eigenvalue weighted by Crippen LogP contribution is 2.29.